The number of hydrogen-bond donors (Lipinski definition) is 2. The molecular formula is C20H22N2O2. The molecule has 4 nitrogen and oxygen atoms in total. The van der Waals surface area contributed by atoms with Gasteiger partial charge in [-0.15, -0.1) is 0 Å². The molecule has 0 fully saturated rings. The zero-order valence-corrected chi connectivity index (χ0v) is 14.2. The molecule has 0 aliphatic carbocycles. The van der Waals surface area contributed by atoms with Gasteiger partial charge in [-0.1, -0.05) is 18.2 Å². The van der Waals surface area contributed by atoms with E-state index in [1.54, 1.807) is 0 Å². The standard InChI is InChI=1S/C20H22N2O2/c1-13(2)24-16-10-8-15(9-11-16)22-20(23)12-18-14(3)21-19-7-5-4-6-17(18)19/h4-11,13,21H,12H2,1-3H3,(H,22,23). The van der Waals surface area contributed by atoms with Crippen molar-refractivity contribution in [3.63, 3.8) is 0 Å². The van der Waals surface area contributed by atoms with Crippen LogP contribution in [-0.2, 0) is 11.2 Å². The Balaban J connectivity index is 1.70. The first-order valence-corrected chi connectivity index (χ1v) is 8.15. The van der Waals surface area contributed by atoms with Crippen molar-refractivity contribution < 1.29 is 9.53 Å². The van der Waals surface area contributed by atoms with E-state index in [0.29, 0.717) is 6.42 Å². The van der Waals surface area contributed by atoms with Crippen molar-refractivity contribution in [1.82, 2.24) is 4.98 Å². The summed E-state index contributed by atoms with van der Waals surface area (Å²) in [5.41, 5.74) is 3.91. The van der Waals surface area contributed by atoms with E-state index in [9.17, 15) is 4.79 Å². The Morgan fingerprint density at radius 1 is 1.12 bits per heavy atom. The molecule has 124 valence electrons. The number of ether oxygens (including phenoxy) is 1. The molecular weight excluding hydrogens is 300 g/mol. The summed E-state index contributed by atoms with van der Waals surface area (Å²) >= 11 is 0. The first kappa shape index (κ1) is 16.1. The van der Waals surface area contributed by atoms with E-state index in [2.05, 4.69) is 10.3 Å². The van der Waals surface area contributed by atoms with Gasteiger partial charge in [-0.3, -0.25) is 4.79 Å². The molecule has 2 N–H and O–H groups in total. The Morgan fingerprint density at radius 3 is 2.54 bits per heavy atom. The van der Waals surface area contributed by atoms with Gasteiger partial charge in [0, 0.05) is 22.3 Å². The van der Waals surface area contributed by atoms with Gasteiger partial charge in [0.1, 0.15) is 5.75 Å². The third-order valence-electron chi connectivity index (χ3n) is 3.87. The zero-order valence-electron chi connectivity index (χ0n) is 14.2. The topological polar surface area (TPSA) is 54.1 Å². The second-order valence-electron chi connectivity index (χ2n) is 6.19. The molecule has 0 spiro atoms. The maximum Gasteiger partial charge on any atom is 0.228 e. The summed E-state index contributed by atoms with van der Waals surface area (Å²) in [5.74, 6) is 0.774. The predicted molar refractivity (Wildman–Crippen MR) is 97.6 cm³/mol. The maximum absolute atomic E-state index is 12.4. The fourth-order valence-electron chi connectivity index (χ4n) is 2.82. The molecule has 0 unspecified atom stereocenters. The number of fused-ring (bicyclic) bond motifs is 1. The molecule has 0 radical (unpaired) electrons. The molecule has 1 heterocycles. The molecule has 1 amide bonds. The van der Waals surface area contributed by atoms with Gasteiger partial charge >= 0.3 is 0 Å². The van der Waals surface area contributed by atoms with Crippen LogP contribution in [0.2, 0.25) is 0 Å². The molecule has 0 aliphatic rings. The number of H-pyrrole nitrogens is 1. The van der Waals surface area contributed by atoms with Gasteiger partial charge in [0.2, 0.25) is 5.91 Å². The smallest absolute Gasteiger partial charge is 0.228 e. The van der Waals surface area contributed by atoms with Crippen molar-refractivity contribution >= 4 is 22.5 Å². The van der Waals surface area contributed by atoms with Crippen molar-refractivity contribution in [1.29, 1.82) is 0 Å². The Kier molecular flexibility index (Phi) is 4.56. The highest BCUT2D eigenvalue weighted by molar-refractivity contribution is 5.96. The quantitative estimate of drug-likeness (QED) is 0.729. The number of hydrogen-bond acceptors (Lipinski definition) is 2. The van der Waals surface area contributed by atoms with Crippen molar-refractivity contribution in [2.24, 2.45) is 0 Å². The molecule has 0 saturated carbocycles. The number of aromatic amines is 1. The third-order valence-corrected chi connectivity index (χ3v) is 3.87. The van der Waals surface area contributed by atoms with Gasteiger partial charge < -0.3 is 15.0 Å². The van der Waals surface area contributed by atoms with Crippen molar-refractivity contribution in [2.45, 2.75) is 33.3 Å². The van der Waals surface area contributed by atoms with Gasteiger partial charge in [0.15, 0.2) is 0 Å². The van der Waals surface area contributed by atoms with Crippen LogP contribution in [0.1, 0.15) is 25.1 Å². The number of benzene rings is 2. The van der Waals surface area contributed by atoms with E-state index in [-0.39, 0.29) is 12.0 Å². The van der Waals surface area contributed by atoms with Gasteiger partial charge in [0.25, 0.3) is 0 Å². The molecule has 24 heavy (non-hydrogen) atoms. The minimum Gasteiger partial charge on any atom is -0.491 e. The average Bonchev–Trinajstić information content (AvgIpc) is 2.85. The van der Waals surface area contributed by atoms with E-state index in [4.69, 9.17) is 4.74 Å². The largest absolute Gasteiger partial charge is 0.491 e. The lowest BCUT2D eigenvalue weighted by atomic mass is 10.1. The highest BCUT2D eigenvalue weighted by Crippen LogP contribution is 2.23. The molecule has 0 saturated heterocycles. The van der Waals surface area contributed by atoms with E-state index in [0.717, 1.165) is 33.6 Å². The molecule has 2 aromatic carbocycles. The fraction of sp³-hybridized carbons (Fsp3) is 0.250. The van der Waals surface area contributed by atoms with E-state index < -0.39 is 0 Å². The zero-order chi connectivity index (χ0) is 17.1. The summed E-state index contributed by atoms with van der Waals surface area (Å²) in [5, 5.41) is 4.05. The van der Waals surface area contributed by atoms with Gasteiger partial charge in [-0.2, -0.15) is 0 Å². The summed E-state index contributed by atoms with van der Waals surface area (Å²) < 4.78 is 5.61. The number of carbonyl (C=O) groups excluding carboxylic acids is 1. The van der Waals surface area contributed by atoms with Crippen LogP contribution in [0.15, 0.2) is 48.5 Å². The van der Waals surface area contributed by atoms with Crippen LogP contribution in [0.5, 0.6) is 5.75 Å². The first-order valence-electron chi connectivity index (χ1n) is 8.15. The highest BCUT2D eigenvalue weighted by Gasteiger charge is 2.12. The normalized spacial score (nSPS) is 11.0. The minimum absolute atomic E-state index is 0.0274. The lowest BCUT2D eigenvalue weighted by molar-refractivity contribution is -0.115. The van der Waals surface area contributed by atoms with E-state index in [1.807, 2.05) is 69.3 Å². The SMILES string of the molecule is Cc1[nH]c2ccccc2c1CC(=O)Nc1ccc(OC(C)C)cc1. The fourth-order valence-corrected chi connectivity index (χ4v) is 2.82. The number of aromatic nitrogens is 1. The van der Waals surface area contributed by atoms with Crippen molar-refractivity contribution in [2.75, 3.05) is 5.32 Å². The van der Waals surface area contributed by atoms with Crippen molar-refractivity contribution in [3.8, 4) is 5.75 Å². The molecule has 3 aromatic rings. The molecule has 1 aromatic heterocycles. The maximum atomic E-state index is 12.4. The number of anilines is 1. The number of nitrogens with one attached hydrogen (secondary N) is 2. The molecule has 0 atom stereocenters. The second-order valence-corrected chi connectivity index (χ2v) is 6.19. The van der Waals surface area contributed by atoms with Crippen LogP contribution in [-0.4, -0.2) is 17.0 Å². The van der Waals surface area contributed by atoms with Crippen LogP contribution in [0.25, 0.3) is 10.9 Å². The number of carbonyl (C=O) groups is 1. The van der Waals surface area contributed by atoms with Crippen LogP contribution >= 0.6 is 0 Å². The molecule has 4 heteroatoms. The van der Waals surface area contributed by atoms with Crippen LogP contribution in [0.3, 0.4) is 0 Å². The number of aryl methyl sites for hydroxylation is 1. The minimum atomic E-state index is -0.0274. The average molecular weight is 322 g/mol. The number of para-hydroxylation sites is 1. The Morgan fingerprint density at radius 2 is 1.83 bits per heavy atom. The Labute approximate surface area is 141 Å². The van der Waals surface area contributed by atoms with Crippen LogP contribution in [0.4, 0.5) is 5.69 Å². The Bertz CT molecular complexity index is 848. The number of amides is 1. The molecule has 0 aliphatic heterocycles. The van der Waals surface area contributed by atoms with Crippen LogP contribution < -0.4 is 10.1 Å². The summed E-state index contributed by atoms with van der Waals surface area (Å²) in [7, 11) is 0. The van der Waals surface area contributed by atoms with Gasteiger partial charge in [-0.25, -0.2) is 0 Å². The lowest BCUT2D eigenvalue weighted by Gasteiger charge is -2.10. The number of rotatable bonds is 5. The summed E-state index contributed by atoms with van der Waals surface area (Å²) in [6.45, 7) is 5.97. The summed E-state index contributed by atoms with van der Waals surface area (Å²) in [6.07, 6.45) is 0.482. The monoisotopic (exact) mass is 322 g/mol. The summed E-state index contributed by atoms with van der Waals surface area (Å²) in [6, 6.07) is 15.5. The lowest BCUT2D eigenvalue weighted by Crippen LogP contribution is -2.14. The Hall–Kier alpha value is -2.75. The highest BCUT2D eigenvalue weighted by atomic mass is 16.5. The van der Waals surface area contributed by atoms with E-state index >= 15 is 0 Å². The molecule has 0 bridgehead atoms. The van der Waals surface area contributed by atoms with Gasteiger partial charge in [-0.05, 0) is 56.7 Å². The summed E-state index contributed by atoms with van der Waals surface area (Å²) in [4.78, 5) is 15.7. The van der Waals surface area contributed by atoms with E-state index in [1.165, 1.54) is 0 Å². The van der Waals surface area contributed by atoms with Crippen molar-refractivity contribution in [3.05, 3.63) is 59.8 Å². The predicted octanol–water partition coefficient (Wildman–Crippen LogP) is 4.44. The first-order chi connectivity index (χ1) is 11.5. The van der Waals surface area contributed by atoms with Crippen LogP contribution in [0, 0.1) is 6.92 Å². The molecule has 3 rings (SSSR count). The third kappa shape index (κ3) is 3.59. The second kappa shape index (κ2) is 6.79. The van der Waals surface area contributed by atoms with Gasteiger partial charge in [0.05, 0.1) is 12.5 Å².